The molecule has 1 aliphatic heterocycles. The van der Waals surface area contributed by atoms with Crippen molar-refractivity contribution in [1.82, 2.24) is 4.90 Å². The standard InChI is InChI=1S/C9H5N3O6/c1-10-8(13)5-2-4(11(15)16)3-6(12(17)18)7(5)9(10)14/h2-3H,1H3. The van der Waals surface area contributed by atoms with Crippen LogP contribution in [0.25, 0.3) is 0 Å². The van der Waals surface area contributed by atoms with Gasteiger partial charge in [-0.15, -0.1) is 0 Å². The highest BCUT2D eigenvalue weighted by Crippen LogP contribution is 2.34. The average Bonchev–Trinajstić information content (AvgIpc) is 2.53. The lowest BCUT2D eigenvalue weighted by atomic mass is 10.1. The van der Waals surface area contributed by atoms with Crippen LogP contribution < -0.4 is 0 Å². The Bertz CT molecular complexity index is 623. The molecule has 1 aromatic carbocycles. The molecule has 92 valence electrons. The van der Waals surface area contributed by atoms with Crippen molar-refractivity contribution in [1.29, 1.82) is 0 Å². The third-order valence-electron chi connectivity index (χ3n) is 2.56. The van der Waals surface area contributed by atoms with Crippen LogP contribution in [0.15, 0.2) is 12.1 Å². The zero-order valence-corrected chi connectivity index (χ0v) is 8.95. The van der Waals surface area contributed by atoms with E-state index in [9.17, 15) is 29.8 Å². The van der Waals surface area contributed by atoms with Crippen molar-refractivity contribution in [3.05, 3.63) is 43.5 Å². The van der Waals surface area contributed by atoms with Crippen molar-refractivity contribution in [2.45, 2.75) is 0 Å². The smallest absolute Gasteiger partial charge is 0.277 e. The Labute approximate surface area is 98.9 Å². The molecule has 0 bridgehead atoms. The van der Waals surface area contributed by atoms with Gasteiger partial charge >= 0.3 is 0 Å². The number of nitro groups is 2. The Balaban J connectivity index is 2.81. The number of non-ortho nitro benzene ring substituents is 1. The van der Waals surface area contributed by atoms with Crippen LogP contribution in [0, 0.1) is 20.2 Å². The van der Waals surface area contributed by atoms with Crippen LogP contribution in [-0.2, 0) is 0 Å². The van der Waals surface area contributed by atoms with Gasteiger partial charge in [-0.05, 0) is 0 Å². The van der Waals surface area contributed by atoms with Crippen LogP contribution >= 0.6 is 0 Å². The SMILES string of the molecule is CN1C(=O)c2cc([N+](=O)[O-])cc([N+](=O)[O-])c2C1=O. The zero-order valence-electron chi connectivity index (χ0n) is 8.95. The van der Waals surface area contributed by atoms with Crippen molar-refractivity contribution in [3.63, 3.8) is 0 Å². The lowest BCUT2D eigenvalue weighted by Crippen LogP contribution is -2.24. The van der Waals surface area contributed by atoms with E-state index in [2.05, 4.69) is 0 Å². The van der Waals surface area contributed by atoms with Gasteiger partial charge in [-0.2, -0.15) is 0 Å². The molecule has 0 N–H and O–H groups in total. The van der Waals surface area contributed by atoms with Crippen molar-refractivity contribution in [2.24, 2.45) is 0 Å². The first-order chi connectivity index (χ1) is 8.34. The normalized spacial score (nSPS) is 13.7. The van der Waals surface area contributed by atoms with Crippen LogP contribution in [0.2, 0.25) is 0 Å². The lowest BCUT2D eigenvalue weighted by molar-refractivity contribution is -0.394. The molecule has 0 spiro atoms. The number of rotatable bonds is 2. The molecule has 0 radical (unpaired) electrons. The zero-order chi connectivity index (χ0) is 13.6. The highest BCUT2D eigenvalue weighted by molar-refractivity contribution is 6.23. The van der Waals surface area contributed by atoms with Gasteiger partial charge in [0.25, 0.3) is 23.2 Å². The van der Waals surface area contributed by atoms with Crippen molar-refractivity contribution >= 4 is 23.2 Å². The summed E-state index contributed by atoms with van der Waals surface area (Å²) < 4.78 is 0. The molecule has 18 heavy (non-hydrogen) atoms. The maximum absolute atomic E-state index is 11.6. The molecule has 1 heterocycles. The van der Waals surface area contributed by atoms with E-state index in [1.165, 1.54) is 0 Å². The van der Waals surface area contributed by atoms with Gasteiger partial charge in [0.1, 0.15) is 5.56 Å². The molecule has 0 unspecified atom stereocenters. The number of carbonyl (C=O) groups excluding carboxylic acids is 2. The number of fused-ring (bicyclic) bond motifs is 1. The van der Waals surface area contributed by atoms with E-state index in [1.807, 2.05) is 0 Å². The van der Waals surface area contributed by atoms with Gasteiger partial charge < -0.3 is 0 Å². The van der Waals surface area contributed by atoms with Crippen molar-refractivity contribution < 1.29 is 19.4 Å². The summed E-state index contributed by atoms with van der Waals surface area (Å²) in [6.07, 6.45) is 0. The highest BCUT2D eigenvalue weighted by Gasteiger charge is 2.41. The summed E-state index contributed by atoms with van der Waals surface area (Å²) in [6.45, 7) is 0. The molecule has 0 saturated heterocycles. The molecule has 9 nitrogen and oxygen atoms in total. The number of benzene rings is 1. The van der Waals surface area contributed by atoms with Crippen LogP contribution in [0.3, 0.4) is 0 Å². The third-order valence-corrected chi connectivity index (χ3v) is 2.56. The summed E-state index contributed by atoms with van der Waals surface area (Å²) in [6, 6.07) is 1.54. The van der Waals surface area contributed by atoms with E-state index >= 15 is 0 Å². The first kappa shape index (κ1) is 11.6. The number of imide groups is 1. The quantitative estimate of drug-likeness (QED) is 0.433. The predicted molar refractivity (Wildman–Crippen MR) is 56.2 cm³/mol. The highest BCUT2D eigenvalue weighted by atomic mass is 16.6. The van der Waals surface area contributed by atoms with E-state index in [0.29, 0.717) is 11.0 Å². The van der Waals surface area contributed by atoms with Gasteiger partial charge in [-0.1, -0.05) is 0 Å². The van der Waals surface area contributed by atoms with Crippen LogP contribution in [0.5, 0.6) is 0 Å². The van der Waals surface area contributed by atoms with E-state index in [4.69, 9.17) is 0 Å². The summed E-state index contributed by atoms with van der Waals surface area (Å²) in [4.78, 5) is 43.6. The Morgan fingerprint density at radius 2 is 1.67 bits per heavy atom. The number of carbonyl (C=O) groups is 2. The number of nitro benzene ring substituents is 2. The number of hydrogen-bond acceptors (Lipinski definition) is 6. The van der Waals surface area contributed by atoms with E-state index in [-0.39, 0.29) is 5.56 Å². The summed E-state index contributed by atoms with van der Waals surface area (Å²) in [5, 5.41) is 21.4. The van der Waals surface area contributed by atoms with E-state index in [0.717, 1.165) is 13.1 Å². The Kier molecular flexibility index (Phi) is 2.32. The Hall–Kier alpha value is -2.84. The topological polar surface area (TPSA) is 124 Å². The summed E-state index contributed by atoms with van der Waals surface area (Å²) in [5.41, 5.74) is -2.06. The summed E-state index contributed by atoms with van der Waals surface area (Å²) in [7, 11) is 1.15. The molecule has 9 heteroatoms. The molecule has 0 atom stereocenters. The maximum Gasteiger partial charge on any atom is 0.289 e. The molecular weight excluding hydrogens is 246 g/mol. The molecule has 0 aromatic heterocycles. The van der Waals surface area contributed by atoms with Gasteiger partial charge in [-0.25, -0.2) is 0 Å². The van der Waals surface area contributed by atoms with E-state index in [1.54, 1.807) is 0 Å². The minimum Gasteiger partial charge on any atom is -0.277 e. The predicted octanol–water partition coefficient (Wildman–Crippen LogP) is 0.729. The number of amides is 2. The molecule has 0 fully saturated rings. The monoisotopic (exact) mass is 251 g/mol. The van der Waals surface area contributed by atoms with Gasteiger partial charge in [-0.3, -0.25) is 34.7 Å². The molecular formula is C9H5N3O6. The Morgan fingerprint density at radius 3 is 2.17 bits per heavy atom. The minimum absolute atomic E-state index is 0.316. The fourth-order valence-electron chi connectivity index (χ4n) is 1.70. The lowest BCUT2D eigenvalue weighted by Gasteiger charge is -2.02. The number of nitrogens with zero attached hydrogens (tertiary/aromatic N) is 3. The van der Waals surface area contributed by atoms with Gasteiger partial charge in [0, 0.05) is 13.1 Å². The average molecular weight is 251 g/mol. The molecule has 1 aliphatic rings. The van der Waals surface area contributed by atoms with Gasteiger partial charge in [0.05, 0.1) is 21.5 Å². The largest absolute Gasteiger partial charge is 0.289 e. The van der Waals surface area contributed by atoms with E-state index < -0.39 is 38.6 Å². The van der Waals surface area contributed by atoms with Crippen molar-refractivity contribution in [2.75, 3.05) is 7.05 Å². The van der Waals surface area contributed by atoms with Gasteiger partial charge in [0.15, 0.2) is 0 Å². The van der Waals surface area contributed by atoms with Gasteiger partial charge in [0.2, 0.25) is 0 Å². The molecule has 1 aromatic rings. The van der Waals surface area contributed by atoms with Crippen LogP contribution in [0.4, 0.5) is 11.4 Å². The Morgan fingerprint density at radius 1 is 1.06 bits per heavy atom. The summed E-state index contributed by atoms with van der Waals surface area (Å²) >= 11 is 0. The second-order valence-electron chi connectivity index (χ2n) is 3.57. The first-order valence-corrected chi connectivity index (χ1v) is 4.63. The molecule has 0 aliphatic carbocycles. The fourth-order valence-corrected chi connectivity index (χ4v) is 1.70. The minimum atomic E-state index is -0.920. The first-order valence-electron chi connectivity index (χ1n) is 4.63. The molecule has 2 amide bonds. The fraction of sp³-hybridized carbons (Fsp3) is 0.111. The molecule has 0 saturated carbocycles. The second-order valence-corrected chi connectivity index (χ2v) is 3.57. The van der Waals surface area contributed by atoms with Crippen LogP contribution in [0.1, 0.15) is 20.7 Å². The second kappa shape index (κ2) is 3.58. The van der Waals surface area contributed by atoms with Crippen molar-refractivity contribution in [3.8, 4) is 0 Å². The maximum atomic E-state index is 11.6. The molecule has 2 rings (SSSR count). The third kappa shape index (κ3) is 1.41. The summed E-state index contributed by atoms with van der Waals surface area (Å²) in [5.74, 6) is -1.63. The number of hydrogen-bond donors (Lipinski definition) is 0. The van der Waals surface area contributed by atoms with Crippen LogP contribution in [-0.4, -0.2) is 33.6 Å².